The first-order chi connectivity index (χ1) is 14.2. The molecular weight excluding hydrogens is 372 g/mol. The van der Waals surface area contributed by atoms with Crippen LogP contribution in [0.3, 0.4) is 0 Å². The minimum atomic E-state index is -0.294. The van der Waals surface area contributed by atoms with Gasteiger partial charge in [0.2, 0.25) is 0 Å². The summed E-state index contributed by atoms with van der Waals surface area (Å²) in [7, 11) is 3.13. The number of carbonyl (C=O) groups is 1. The molecule has 2 heterocycles. The van der Waals surface area contributed by atoms with Crippen molar-refractivity contribution in [3.63, 3.8) is 0 Å². The highest BCUT2D eigenvalue weighted by Gasteiger charge is 2.28. The zero-order chi connectivity index (χ0) is 20.2. The highest BCUT2D eigenvalue weighted by Crippen LogP contribution is 2.30. The van der Waals surface area contributed by atoms with Gasteiger partial charge in [0.1, 0.15) is 17.0 Å². The van der Waals surface area contributed by atoms with E-state index in [0.717, 1.165) is 30.5 Å². The molecule has 8 nitrogen and oxygen atoms in total. The third-order valence-electron chi connectivity index (χ3n) is 5.06. The fraction of sp³-hybridized carbons (Fsp3) is 0.333. The number of hydrogen-bond acceptors (Lipinski definition) is 6. The zero-order valence-electron chi connectivity index (χ0n) is 16.5. The number of benzene rings is 2. The summed E-state index contributed by atoms with van der Waals surface area (Å²) in [6.07, 6.45) is 1.99. The van der Waals surface area contributed by atoms with Crippen LogP contribution in [0.2, 0.25) is 0 Å². The predicted molar refractivity (Wildman–Crippen MR) is 111 cm³/mol. The lowest BCUT2D eigenvalue weighted by molar-refractivity contribution is 0.251. The highest BCUT2D eigenvalue weighted by molar-refractivity contribution is 5.91. The molecule has 1 unspecified atom stereocenters. The van der Waals surface area contributed by atoms with Gasteiger partial charge in [-0.05, 0) is 37.1 Å². The molecule has 1 aliphatic rings. The molecular formula is C21H24N4O4. The largest absolute Gasteiger partial charge is 0.497 e. The Morgan fingerprint density at radius 3 is 2.90 bits per heavy atom. The SMILES string of the molecule is COc1ccc(NC(=O)NCC2CCCN2c2nc3ccccc3o2)c(OC)c1. The Morgan fingerprint density at radius 2 is 2.10 bits per heavy atom. The first kappa shape index (κ1) is 18.9. The van der Waals surface area contributed by atoms with Crippen molar-refractivity contribution >= 4 is 28.8 Å². The number of fused-ring (bicyclic) bond motifs is 1. The van der Waals surface area contributed by atoms with E-state index in [-0.39, 0.29) is 12.1 Å². The molecule has 152 valence electrons. The van der Waals surface area contributed by atoms with Gasteiger partial charge < -0.3 is 29.4 Å². The van der Waals surface area contributed by atoms with Gasteiger partial charge in [-0.2, -0.15) is 4.98 Å². The number of carbonyl (C=O) groups excluding carboxylic acids is 1. The van der Waals surface area contributed by atoms with Crippen LogP contribution >= 0.6 is 0 Å². The van der Waals surface area contributed by atoms with Gasteiger partial charge in [0.05, 0.1) is 25.9 Å². The van der Waals surface area contributed by atoms with Gasteiger partial charge in [-0.1, -0.05) is 12.1 Å². The summed E-state index contributed by atoms with van der Waals surface area (Å²) in [5.41, 5.74) is 2.18. The number of oxazole rings is 1. The Kier molecular flexibility index (Phi) is 5.41. The van der Waals surface area contributed by atoms with Crippen LogP contribution in [-0.2, 0) is 0 Å². The number of aromatic nitrogens is 1. The summed E-state index contributed by atoms with van der Waals surface area (Å²) in [6.45, 7) is 1.34. The molecule has 8 heteroatoms. The van der Waals surface area contributed by atoms with Crippen molar-refractivity contribution in [3.8, 4) is 11.5 Å². The normalized spacial score (nSPS) is 16.1. The van der Waals surface area contributed by atoms with Crippen LogP contribution in [0.5, 0.6) is 11.5 Å². The molecule has 1 aliphatic heterocycles. The van der Waals surface area contributed by atoms with Crippen molar-refractivity contribution in [1.29, 1.82) is 0 Å². The standard InChI is InChI=1S/C21H24N4O4/c1-27-15-9-10-17(19(12-15)28-2)23-20(26)22-13-14-6-5-11-25(14)21-24-16-7-3-4-8-18(16)29-21/h3-4,7-10,12,14H,5-6,11,13H2,1-2H3,(H2,22,23,26). The second-order valence-corrected chi connectivity index (χ2v) is 6.85. The lowest BCUT2D eigenvalue weighted by atomic mass is 10.2. The van der Waals surface area contributed by atoms with E-state index in [4.69, 9.17) is 13.9 Å². The molecule has 0 spiro atoms. The topological polar surface area (TPSA) is 88.9 Å². The van der Waals surface area contributed by atoms with Gasteiger partial charge in [0, 0.05) is 19.2 Å². The molecule has 29 heavy (non-hydrogen) atoms. The number of ether oxygens (including phenoxy) is 2. The number of nitrogens with zero attached hydrogens (tertiary/aromatic N) is 2. The summed E-state index contributed by atoms with van der Waals surface area (Å²) >= 11 is 0. The molecule has 3 aromatic rings. The smallest absolute Gasteiger partial charge is 0.319 e. The van der Waals surface area contributed by atoms with Gasteiger partial charge in [-0.3, -0.25) is 0 Å². The maximum Gasteiger partial charge on any atom is 0.319 e. The number of nitrogens with one attached hydrogen (secondary N) is 2. The van der Waals surface area contributed by atoms with Crippen molar-refractivity contribution in [3.05, 3.63) is 42.5 Å². The molecule has 0 saturated carbocycles. The third-order valence-corrected chi connectivity index (χ3v) is 5.06. The predicted octanol–water partition coefficient (Wildman–Crippen LogP) is 3.64. The number of methoxy groups -OCH3 is 2. The van der Waals surface area contributed by atoms with Gasteiger partial charge in [-0.25, -0.2) is 4.79 Å². The van der Waals surface area contributed by atoms with Crippen LogP contribution in [0.1, 0.15) is 12.8 Å². The lowest BCUT2D eigenvalue weighted by Gasteiger charge is -2.23. The molecule has 0 radical (unpaired) electrons. The Balaban J connectivity index is 1.38. The van der Waals surface area contributed by atoms with Crippen LogP contribution < -0.4 is 25.0 Å². The monoisotopic (exact) mass is 396 g/mol. The van der Waals surface area contributed by atoms with E-state index >= 15 is 0 Å². The second-order valence-electron chi connectivity index (χ2n) is 6.85. The molecule has 0 aliphatic carbocycles. The Hall–Kier alpha value is -3.42. The molecule has 2 amide bonds. The van der Waals surface area contributed by atoms with E-state index in [0.29, 0.717) is 29.7 Å². The van der Waals surface area contributed by atoms with E-state index < -0.39 is 0 Å². The minimum absolute atomic E-state index is 0.131. The maximum atomic E-state index is 12.4. The van der Waals surface area contributed by atoms with E-state index in [2.05, 4.69) is 20.5 Å². The quantitative estimate of drug-likeness (QED) is 0.661. The van der Waals surface area contributed by atoms with Crippen LogP contribution in [-0.4, -0.2) is 44.4 Å². The fourth-order valence-electron chi connectivity index (χ4n) is 3.56. The Labute approximate surface area is 168 Å². The molecule has 1 fully saturated rings. The van der Waals surface area contributed by atoms with E-state index in [1.54, 1.807) is 32.4 Å². The molecule has 1 aromatic heterocycles. The zero-order valence-corrected chi connectivity index (χ0v) is 16.5. The molecule has 2 aromatic carbocycles. The second kappa shape index (κ2) is 8.30. The third kappa shape index (κ3) is 4.06. The number of urea groups is 1. The van der Waals surface area contributed by atoms with Crippen molar-refractivity contribution in [2.45, 2.75) is 18.9 Å². The average Bonchev–Trinajstić information content (AvgIpc) is 3.38. The summed E-state index contributed by atoms with van der Waals surface area (Å²) < 4.78 is 16.4. The van der Waals surface area contributed by atoms with Crippen molar-refractivity contribution in [1.82, 2.24) is 10.3 Å². The van der Waals surface area contributed by atoms with Crippen LogP contribution in [0.15, 0.2) is 46.9 Å². The van der Waals surface area contributed by atoms with Crippen LogP contribution in [0.4, 0.5) is 16.5 Å². The first-order valence-corrected chi connectivity index (χ1v) is 9.57. The van der Waals surface area contributed by atoms with Crippen molar-refractivity contribution < 1.29 is 18.7 Å². The van der Waals surface area contributed by atoms with E-state index in [1.807, 2.05) is 24.3 Å². The fourth-order valence-corrected chi connectivity index (χ4v) is 3.56. The summed E-state index contributed by atoms with van der Waals surface area (Å²) in [5.74, 6) is 1.20. The van der Waals surface area contributed by atoms with Gasteiger partial charge >= 0.3 is 6.03 Å². The Morgan fingerprint density at radius 1 is 1.24 bits per heavy atom. The lowest BCUT2D eigenvalue weighted by Crippen LogP contribution is -2.41. The number of anilines is 2. The highest BCUT2D eigenvalue weighted by atomic mass is 16.5. The number of rotatable bonds is 6. The Bertz CT molecular complexity index is 970. The maximum absolute atomic E-state index is 12.4. The van der Waals surface area contributed by atoms with E-state index in [1.165, 1.54) is 0 Å². The number of hydrogen-bond donors (Lipinski definition) is 2. The van der Waals surface area contributed by atoms with Crippen LogP contribution in [0, 0.1) is 0 Å². The average molecular weight is 396 g/mol. The van der Waals surface area contributed by atoms with Gasteiger partial charge in [0.15, 0.2) is 5.58 Å². The molecule has 1 atom stereocenters. The number of para-hydroxylation sites is 2. The minimum Gasteiger partial charge on any atom is -0.497 e. The van der Waals surface area contributed by atoms with Crippen molar-refractivity contribution in [2.75, 3.05) is 37.5 Å². The molecule has 0 bridgehead atoms. The molecule has 1 saturated heterocycles. The van der Waals surface area contributed by atoms with Crippen molar-refractivity contribution in [2.24, 2.45) is 0 Å². The summed E-state index contributed by atoms with van der Waals surface area (Å²) in [4.78, 5) is 19.1. The first-order valence-electron chi connectivity index (χ1n) is 9.57. The van der Waals surface area contributed by atoms with Crippen LogP contribution in [0.25, 0.3) is 11.1 Å². The van der Waals surface area contributed by atoms with E-state index in [9.17, 15) is 4.79 Å². The van der Waals surface area contributed by atoms with Gasteiger partial charge in [-0.15, -0.1) is 0 Å². The van der Waals surface area contributed by atoms with Gasteiger partial charge in [0.25, 0.3) is 6.01 Å². The molecule has 4 rings (SSSR count). The molecule has 2 N–H and O–H groups in total. The number of amides is 2. The summed E-state index contributed by atoms with van der Waals surface area (Å²) in [6, 6.07) is 13.4. The summed E-state index contributed by atoms with van der Waals surface area (Å²) in [5, 5.41) is 5.76.